The highest BCUT2D eigenvalue weighted by Crippen LogP contribution is 2.27. The highest BCUT2D eigenvalue weighted by atomic mass is 35.5. The number of nitrogens with zero attached hydrogens (tertiary/aromatic N) is 3. The second-order valence-corrected chi connectivity index (χ2v) is 6.78. The third kappa shape index (κ3) is 3.18. The molecule has 4 aromatic rings. The lowest BCUT2D eigenvalue weighted by molar-refractivity contribution is 0.514. The standard InChI is InChI=1S/C20H13BClF2N3O/c21-18(11-5-7-12(22)8-6-11)27-20(28)14-4-2-1-3-13(14)17(26-27)15-9-10-16(23)25-19(15)24/h1-10,18H,21H2. The lowest BCUT2D eigenvalue weighted by Gasteiger charge is -2.17. The first-order chi connectivity index (χ1) is 13.5. The topological polar surface area (TPSA) is 47.8 Å². The maximum absolute atomic E-state index is 14.4. The van der Waals surface area contributed by atoms with E-state index in [2.05, 4.69) is 10.1 Å². The Hall–Kier alpha value is -3.06. The van der Waals surface area contributed by atoms with Crippen molar-refractivity contribution < 1.29 is 8.78 Å². The Kier molecular flexibility index (Phi) is 4.69. The largest absolute Gasteiger partial charge is 0.274 e. The normalized spacial score (nSPS) is 12.2. The van der Waals surface area contributed by atoms with E-state index < -0.39 is 17.8 Å². The number of rotatable bonds is 3. The Balaban J connectivity index is 1.99. The van der Waals surface area contributed by atoms with E-state index in [-0.39, 0.29) is 16.8 Å². The van der Waals surface area contributed by atoms with E-state index in [1.165, 1.54) is 10.7 Å². The van der Waals surface area contributed by atoms with Crippen molar-refractivity contribution in [2.24, 2.45) is 0 Å². The van der Waals surface area contributed by atoms with Crippen molar-refractivity contribution in [1.29, 1.82) is 0 Å². The Morgan fingerprint density at radius 2 is 1.64 bits per heavy atom. The van der Waals surface area contributed by atoms with Gasteiger partial charge in [0.1, 0.15) is 13.5 Å². The molecule has 2 aromatic heterocycles. The molecule has 0 spiro atoms. The zero-order valence-corrected chi connectivity index (χ0v) is 15.5. The first kappa shape index (κ1) is 18.3. The number of pyridine rings is 1. The van der Waals surface area contributed by atoms with Gasteiger partial charge in [-0.15, -0.1) is 0 Å². The first-order valence-corrected chi connectivity index (χ1v) is 8.93. The smallest absolute Gasteiger partial charge is 0.267 e. The molecule has 8 heteroatoms. The van der Waals surface area contributed by atoms with Crippen molar-refractivity contribution in [2.45, 2.75) is 5.94 Å². The molecule has 0 N–H and O–H groups in total. The monoisotopic (exact) mass is 395 g/mol. The van der Waals surface area contributed by atoms with Crippen LogP contribution in [0.15, 0.2) is 65.5 Å². The summed E-state index contributed by atoms with van der Waals surface area (Å²) in [6.45, 7) is 0. The molecule has 0 aliphatic heterocycles. The lowest BCUT2D eigenvalue weighted by Crippen LogP contribution is -2.29. The molecule has 0 amide bonds. The van der Waals surface area contributed by atoms with E-state index in [9.17, 15) is 13.6 Å². The molecule has 0 radical (unpaired) electrons. The third-order valence-corrected chi connectivity index (χ3v) is 4.87. The zero-order valence-electron chi connectivity index (χ0n) is 14.7. The van der Waals surface area contributed by atoms with Gasteiger partial charge < -0.3 is 0 Å². The molecule has 4 nitrogen and oxygen atoms in total. The molecule has 2 heterocycles. The average Bonchev–Trinajstić information content (AvgIpc) is 2.69. The second kappa shape index (κ2) is 7.17. The van der Waals surface area contributed by atoms with Gasteiger partial charge in [-0.1, -0.05) is 41.9 Å². The minimum atomic E-state index is -0.984. The molecule has 0 fully saturated rings. The quantitative estimate of drug-likeness (QED) is 0.394. The fraction of sp³-hybridized carbons (Fsp3) is 0.0500. The predicted molar refractivity (Wildman–Crippen MR) is 107 cm³/mol. The summed E-state index contributed by atoms with van der Waals surface area (Å²) in [5.74, 6) is -2.33. The number of halogens is 3. The van der Waals surface area contributed by atoms with Gasteiger partial charge in [-0.3, -0.25) is 4.79 Å². The number of hydrogen-bond donors (Lipinski definition) is 0. The van der Waals surface area contributed by atoms with Crippen LogP contribution in [0.5, 0.6) is 0 Å². The fourth-order valence-corrected chi connectivity index (χ4v) is 3.27. The van der Waals surface area contributed by atoms with Crippen molar-refractivity contribution in [3.05, 3.63) is 93.5 Å². The summed E-state index contributed by atoms with van der Waals surface area (Å²) < 4.78 is 28.9. The third-order valence-electron chi connectivity index (χ3n) is 4.62. The molecule has 0 aliphatic rings. The Morgan fingerprint density at radius 1 is 0.964 bits per heavy atom. The number of hydrogen-bond acceptors (Lipinski definition) is 3. The summed E-state index contributed by atoms with van der Waals surface area (Å²) in [6.07, 6.45) is 0. The van der Waals surface area contributed by atoms with Crippen LogP contribution in [0.2, 0.25) is 5.02 Å². The molecule has 0 saturated carbocycles. The fourth-order valence-electron chi connectivity index (χ4n) is 3.14. The van der Waals surface area contributed by atoms with Crippen LogP contribution in [0.4, 0.5) is 8.78 Å². The molecule has 0 saturated heterocycles. The molecular weight excluding hydrogens is 383 g/mol. The maximum atomic E-state index is 14.4. The van der Waals surface area contributed by atoms with Gasteiger partial charge in [0.05, 0.1) is 10.9 Å². The first-order valence-electron chi connectivity index (χ1n) is 8.55. The Morgan fingerprint density at radius 3 is 2.32 bits per heavy atom. The van der Waals surface area contributed by atoms with Gasteiger partial charge in [-0.2, -0.15) is 18.9 Å². The van der Waals surface area contributed by atoms with E-state index in [0.29, 0.717) is 15.8 Å². The van der Waals surface area contributed by atoms with Gasteiger partial charge in [-0.05, 0) is 35.9 Å². The van der Waals surface area contributed by atoms with Crippen LogP contribution in [0, 0.1) is 11.9 Å². The van der Waals surface area contributed by atoms with E-state index in [1.54, 1.807) is 48.5 Å². The number of fused-ring (bicyclic) bond motifs is 1. The molecule has 138 valence electrons. The van der Waals surface area contributed by atoms with Crippen molar-refractivity contribution in [1.82, 2.24) is 14.8 Å². The van der Waals surface area contributed by atoms with Crippen molar-refractivity contribution in [3.8, 4) is 11.3 Å². The van der Waals surface area contributed by atoms with Gasteiger partial charge in [0.2, 0.25) is 11.9 Å². The van der Waals surface area contributed by atoms with Crippen LogP contribution >= 0.6 is 11.6 Å². The molecule has 0 bridgehead atoms. The van der Waals surface area contributed by atoms with Crippen LogP contribution in [0.3, 0.4) is 0 Å². The summed E-state index contributed by atoms with van der Waals surface area (Å²) in [4.78, 5) is 16.3. The summed E-state index contributed by atoms with van der Waals surface area (Å²) in [7, 11) is 1.81. The van der Waals surface area contributed by atoms with Gasteiger partial charge in [0.25, 0.3) is 5.56 Å². The predicted octanol–water partition coefficient (Wildman–Crippen LogP) is 3.57. The molecule has 1 atom stereocenters. The van der Waals surface area contributed by atoms with Crippen LogP contribution in [-0.2, 0) is 0 Å². The summed E-state index contributed by atoms with van der Waals surface area (Å²) >= 11 is 5.94. The summed E-state index contributed by atoms with van der Waals surface area (Å²) in [5, 5.41) is 5.87. The summed E-state index contributed by atoms with van der Waals surface area (Å²) in [5.41, 5.74) is 0.755. The minimum absolute atomic E-state index is 0.0228. The molecule has 28 heavy (non-hydrogen) atoms. The lowest BCUT2D eigenvalue weighted by atomic mass is 9.89. The highest BCUT2D eigenvalue weighted by Gasteiger charge is 2.19. The van der Waals surface area contributed by atoms with Gasteiger partial charge in [0, 0.05) is 16.4 Å². The SMILES string of the molecule is BC(c1ccc(Cl)cc1)n1nc(-c2ccc(F)nc2F)c2ccccc2c1=O. The molecular formula is C20H13BClF2N3O. The van der Waals surface area contributed by atoms with Crippen LogP contribution in [0.1, 0.15) is 11.5 Å². The van der Waals surface area contributed by atoms with Crippen LogP contribution in [0.25, 0.3) is 22.0 Å². The second-order valence-electron chi connectivity index (χ2n) is 6.34. The molecule has 4 rings (SSSR count). The maximum Gasteiger partial charge on any atom is 0.274 e. The van der Waals surface area contributed by atoms with Crippen molar-refractivity contribution >= 4 is 30.2 Å². The Labute approximate surface area is 164 Å². The van der Waals surface area contributed by atoms with Gasteiger partial charge in [0.15, 0.2) is 0 Å². The highest BCUT2D eigenvalue weighted by molar-refractivity contribution is 6.30. The molecule has 2 aromatic carbocycles. The van der Waals surface area contributed by atoms with E-state index in [0.717, 1.165) is 11.6 Å². The van der Waals surface area contributed by atoms with Gasteiger partial charge in [-0.25, -0.2) is 4.68 Å². The number of benzene rings is 2. The molecule has 1 unspecified atom stereocenters. The average molecular weight is 396 g/mol. The van der Waals surface area contributed by atoms with E-state index in [4.69, 9.17) is 11.6 Å². The van der Waals surface area contributed by atoms with Crippen molar-refractivity contribution in [3.63, 3.8) is 0 Å². The van der Waals surface area contributed by atoms with Crippen molar-refractivity contribution in [2.75, 3.05) is 0 Å². The zero-order chi connectivity index (χ0) is 19.8. The minimum Gasteiger partial charge on any atom is -0.267 e. The van der Waals surface area contributed by atoms with E-state index >= 15 is 0 Å². The summed E-state index contributed by atoms with van der Waals surface area (Å²) in [6, 6.07) is 16.2. The van der Waals surface area contributed by atoms with E-state index in [1.807, 2.05) is 7.85 Å². The molecule has 0 aliphatic carbocycles. The number of aromatic nitrogens is 3. The van der Waals surface area contributed by atoms with Crippen LogP contribution < -0.4 is 5.56 Å². The Bertz CT molecular complexity index is 1240. The van der Waals surface area contributed by atoms with Gasteiger partial charge >= 0.3 is 0 Å². The van der Waals surface area contributed by atoms with Crippen LogP contribution in [-0.4, -0.2) is 22.6 Å².